The van der Waals surface area contributed by atoms with Crippen LogP contribution in [0.5, 0.6) is 0 Å². The maximum Gasteiger partial charge on any atom is 0.270 e. The van der Waals surface area contributed by atoms with Gasteiger partial charge in [0.25, 0.3) is 11.6 Å². The largest absolute Gasteiger partial charge is 0.340 e. The Hall–Kier alpha value is -1.84. The van der Waals surface area contributed by atoms with Crippen molar-refractivity contribution >= 4 is 41.7 Å². The van der Waals surface area contributed by atoms with E-state index in [1.165, 1.54) is 24.3 Å². The van der Waals surface area contributed by atoms with Gasteiger partial charge in [0.15, 0.2) is 0 Å². The SMILES string of the molecule is CSCCC(NC(=O)c1cccc([N+](=O)[O-])c1)C(=O)N1CCNC(C)C1.Cl. The number of amides is 2. The highest BCUT2D eigenvalue weighted by Gasteiger charge is 2.28. The molecular weight excluding hydrogens is 392 g/mol. The van der Waals surface area contributed by atoms with E-state index in [1.807, 2.05) is 13.2 Å². The summed E-state index contributed by atoms with van der Waals surface area (Å²) in [7, 11) is 0. The monoisotopic (exact) mass is 416 g/mol. The number of hydrogen-bond donors (Lipinski definition) is 2. The van der Waals surface area contributed by atoms with Gasteiger partial charge in [-0.3, -0.25) is 19.7 Å². The number of carbonyl (C=O) groups is 2. The fourth-order valence-electron chi connectivity index (χ4n) is 2.85. The molecule has 150 valence electrons. The number of nitro benzene ring substituents is 1. The first kappa shape index (κ1) is 23.2. The second-order valence-electron chi connectivity index (χ2n) is 6.25. The molecule has 1 heterocycles. The number of carbonyl (C=O) groups excluding carboxylic acids is 2. The molecule has 1 aromatic carbocycles. The molecule has 1 aromatic rings. The van der Waals surface area contributed by atoms with Crippen LogP contribution in [0.1, 0.15) is 23.7 Å². The molecule has 2 unspecified atom stereocenters. The number of benzene rings is 1. The van der Waals surface area contributed by atoms with Crippen molar-refractivity contribution in [2.24, 2.45) is 0 Å². The van der Waals surface area contributed by atoms with Crippen molar-refractivity contribution in [2.45, 2.75) is 25.4 Å². The van der Waals surface area contributed by atoms with Gasteiger partial charge < -0.3 is 15.5 Å². The lowest BCUT2D eigenvalue weighted by atomic mass is 10.1. The van der Waals surface area contributed by atoms with Gasteiger partial charge in [-0.1, -0.05) is 6.07 Å². The predicted molar refractivity (Wildman–Crippen MR) is 109 cm³/mol. The number of non-ortho nitro benzene ring substituents is 1. The van der Waals surface area contributed by atoms with Crippen molar-refractivity contribution in [1.82, 2.24) is 15.5 Å². The highest BCUT2D eigenvalue weighted by atomic mass is 35.5. The van der Waals surface area contributed by atoms with Gasteiger partial charge in [-0.15, -0.1) is 12.4 Å². The summed E-state index contributed by atoms with van der Waals surface area (Å²) in [5, 5.41) is 16.9. The molecule has 2 amide bonds. The van der Waals surface area contributed by atoms with Crippen LogP contribution in [0, 0.1) is 10.1 Å². The van der Waals surface area contributed by atoms with E-state index < -0.39 is 16.9 Å². The van der Waals surface area contributed by atoms with Crippen molar-refractivity contribution in [3.05, 3.63) is 39.9 Å². The second-order valence-corrected chi connectivity index (χ2v) is 7.24. The minimum Gasteiger partial charge on any atom is -0.340 e. The molecule has 0 aromatic heterocycles. The van der Waals surface area contributed by atoms with Crippen LogP contribution in [0.2, 0.25) is 0 Å². The highest BCUT2D eigenvalue weighted by molar-refractivity contribution is 7.98. The third-order valence-electron chi connectivity index (χ3n) is 4.21. The molecule has 2 rings (SSSR count). The number of nitro groups is 1. The van der Waals surface area contributed by atoms with Gasteiger partial charge in [-0.2, -0.15) is 11.8 Å². The van der Waals surface area contributed by atoms with E-state index in [1.54, 1.807) is 16.7 Å². The molecule has 10 heteroatoms. The summed E-state index contributed by atoms with van der Waals surface area (Å²) in [6.45, 7) is 3.94. The maximum absolute atomic E-state index is 12.9. The number of rotatable bonds is 7. The summed E-state index contributed by atoms with van der Waals surface area (Å²) in [5.74, 6) is 0.148. The lowest BCUT2D eigenvalue weighted by Crippen LogP contribution is -2.56. The first-order valence-corrected chi connectivity index (χ1v) is 9.88. The number of piperazine rings is 1. The van der Waals surface area contributed by atoms with Crippen LogP contribution in [-0.4, -0.2) is 65.4 Å². The molecule has 27 heavy (non-hydrogen) atoms. The van der Waals surface area contributed by atoms with Gasteiger partial charge in [0.1, 0.15) is 6.04 Å². The summed E-state index contributed by atoms with van der Waals surface area (Å²) < 4.78 is 0. The predicted octanol–water partition coefficient (Wildman–Crippen LogP) is 1.69. The third kappa shape index (κ3) is 6.67. The Morgan fingerprint density at radius 2 is 2.22 bits per heavy atom. The number of halogens is 1. The maximum atomic E-state index is 12.9. The summed E-state index contributed by atoms with van der Waals surface area (Å²) in [6, 6.07) is 5.09. The zero-order chi connectivity index (χ0) is 19.1. The molecule has 1 saturated heterocycles. The topological polar surface area (TPSA) is 105 Å². The van der Waals surface area contributed by atoms with Crippen LogP contribution in [-0.2, 0) is 4.79 Å². The quantitative estimate of drug-likeness (QED) is 0.517. The number of thioether (sulfide) groups is 1. The first-order valence-electron chi connectivity index (χ1n) is 8.48. The van der Waals surface area contributed by atoms with Crippen molar-refractivity contribution in [2.75, 3.05) is 31.6 Å². The van der Waals surface area contributed by atoms with E-state index in [0.29, 0.717) is 19.5 Å². The van der Waals surface area contributed by atoms with Crippen LogP contribution in [0.3, 0.4) is 0 Å². The van der Waals surface area contributed by atoms with Gasteiger partial charge in [-0.25, -0.2) is 0 Å². The third-order valence-corrected chi connectivity index (χ3v) is 4.86. The molecule has 2 N–H and O–H groups in total. The molecule has 0 spiro atoms. The van der Waals surface area contributed by atoms with E-state index in [0.717, 1.165) is 12.3 Å². The zero-order valence-corrected chi connectivity index (χ0v) is 17.0. The smallest absolute Gasteiger partial charge is 0.270 e. The normalized spacial score (nSPS) is 17.6. The Morgan fingerprint density at radius 3 is 2.85 bits per heavy atom. The Bertz CT molecular complexity index is 676. The standard InChI is InChI=1S/C17H24N4O4S.ClH/c1-12-11-20(8-7-18-12)17(23)15(6-9-26-2)19-16(22)13-4-3-5-14(10-13)21(24)25;/h3-5,10,12,15,18H,6-9,11H2,1-2H3,(H,19,22);1H. The molecule has 0 bridgehead atoms. The van der Waals surface area contributed by atoms with Gasteiger partial charge in [0, 0.05) is 43.4 Å². The van der Waals surface area contributed by atoms with Crippen LogP contribution >= 0.6 is 24.2 Å². The number of hydrogen-bond acceptors (Lipinski definition) is 6. The lowest BCUT2D eigenvalue weighted by Gasteiger charge is -2.34. The van der Waals surface area contributed by atoms with Gasteiger partial charge in [0.2, 0.25) is 5.91 Å². The fraction of sp³-hybridized carbons (Fsp3) is 0.529. The first-order chi connectivity index (χ1) is 12.4. The molecule has 8 nitrogen and oxygen atoms in total. The van der Waals surface area contributed by atoms with E-state index in [9.17, 15) is 19.7 Å². The number of nitrogens with one attached hydrogen (secondary N) is 2. The zero-order valence-electron chi connectivity index (χ0n) is 15.3. The molecule has 0 saturated carbocycles. The Balaban J connectivity index is 0.00000364. The van der Waals surface area contributed by atoms with Crippen LogP contribution in [0.25, 0.3) is 0 Å². The molecule has 1 aliphatic heterocycles. The number of nitrogens with zero attached hydrogens (tertiary/aromatic N) is 2. The summed E-state index contributed by atoms with van der Waals surface area (Å²) >= 11 is 1.60. The molecule has 0 radical (unpaired) electrons. The molecule has 0 aliphatic carbocycles. The average Bonchev–Trinajstić information content (AvgIpc) is 2.64. The van der Waals surface area contributed by atoms with E-state index in [-0.39, 0.29) is 35.6 Å². The van der Waals surface area contributed by atoms with E-state index in [2.05, 4.69) is 10.6 Å². The Labute approximate surface area is 169 Å². The molecule has 1 fully saturated rings. The van der Waals surface area contributed by atoms with Crippen LogP contribution < -0.4 is 10.6 Å². The lowest BCUT2D eigenvalue weighted by molar-refractivity contribution is -0.384. The van der Waals surface area contributed by atoms with Crippen molar-refractivity contribution in [1.29, 1.82) is 0 Å². The van der Waals surface area contributed by atoms with Crippen LogP contribution in [0.4, 0.5) is 5.69 Å². The summed E-state index contributed by atoms with van der Waals surface area (Å²) in [6.07, 6.45) is 2.45. The molecule has 2 atom stereocenters. The van der Waals surface area contributed by atoms with Crippen LogP contribution in [0.15, 0.2) is 24.3 Å². The Kier molecular flexibility index (Phi) is 9.54. The van der Waals surface area contributed by atoms with Crippen molar-refractivity contribution < 1.29 is 14.5 Å². The second kappa shape index (κ2) is 11.1. The van der Waals surface area contributed by atoms with Gasteiger partial charge in [-0.05, 0) is 31.4 Å². The van der Waals surface area contributed by atoms with Crippen molar-refractivity contribution in [3.63, 3.8) is 0 Å². The average molecular weight is 417 g/mol. The van der Waals surface area contributed by atoms with Gasteiger partial charge >= 0.3 is 0 Å². The molecule has 1 aliphatic rings. The molecular formula is C17H25ClN4O4S. The fourth-order valence-corrected chi connectivity index (χ4v) is 3.32. The Morgan fingerprint density at radius 1 is 1.48 bits per heavy atom. The summed E-state index contributed by atoms with van der Waals surface area (Å²) in [4.78, 5) is 37.5. The highest BCUT2D eigenvalue weighted by Crippen LogP contribution is 2.14. The van der Waals surface area contributed by atoms with E-state index in [4.69, 9.17) is 0 Å². The summed E-state index contributed by atoms with van der Waals surface area (Å²) in [5.41, 5.74) is 0.0235. The minimum atomic E-state index is -0.639. The van der Waals surface area contributed by atoms with Gasteiger partial charge in [0.05, 0.1) is 4.92 Å². The van der Waals surface area contributed by atoms with E-state index >= 15 is 0 Å². The van der Waals surface area contributed by atoms with Crippen molar-refractivity contribution in [3.8, 4) is 0 Å². The minimum absolute atomic E-state index is 0.